The van der Waals surface area contributed by atoms with Crippen LogP contribution in [0.4, 0.5) is 8.78 Å². The summed E-state index contributed by atoms with van der Waals surface area (Å²) in [5, 5.41) is 0. The molecule has 98 valence electrons. The Bertz CT molecular complexity index is 478. The lowest BCUT2D eigenvalue weighted by Crippen LogP contribution is -2.33. The van der Waals surface area contributed by atoms with Gasteiger partial charge in [-0.15, -0.1) is 8.78 Å². The van der Waals surface area contributed by atoms with Crippen molar-refractivity contribution in [3.05, 3.63) is 23.8 Å². The minimum absolute atomic E-state index is 0.0231. The number of rotatable bonds is 3. The summed E-state index contributed by atoms with van der Waals surface area (Å²) in [6, 6.07) is 3.46. The molecule has 5 nitrogen and oxygen atoms in total. The van der Waals surface area contributed by atoms with E-state index >= 15 is 0 Å². The summed E-state index contributed by atoms with van der Waals surface area (Å²) in [6.45, 7) is 0. The van der Waals surface area contributed by atoms with E-state index in [4.69, 9.17) is 5.73 Å². The van der Waals surface area contributed by atoms with Crippen molar-refractivity contribution in [1.29, 1.82) is 0 Å². The van der Waals surface area contributed by atoms with Crippen LogP contribution in [0.2, 0.25) is 0 Å². The van der Waals surface area contributed by atoms with E-state index in [1.807, 2.05) is 0 Å². The molecule has 1 aromatic carbocycles. The van der Waals surface area contributed by atoms with Crippen LogP contribution in [0.25, 0.3) is 0 Å². The molecule has 2 rings (SSSR count). The summed E-state index contributed by atoms with van der Waals surface area (Å²) >= 11 is 0. The van der Waals surface area contributed by atoms with Gasteiger partial charge in [-0.05, 0) is 6.07 Å². The quantitative estimate of drug-likeness (QED) is 0.821. The van der Waals surface area contributed by atoms with Crippen LogP contribution in [0.15, 0.2) is 18.2 Å². The fourth-order valence-corrected chi connectivity index (χ4v) is 1.66. The molecule has 0 amide bonds. The fraction of sp³-hybridized carbons (Fsp3) is 0.364. The Morgan fingerprint density at radius 2 is 2.22 bits per heavy atom. The third-order valence-corrected chi connectivity index (χ3v) is 2.45. The molecule has 1 aliphatic rings. The minimum Gasteiger partial charge on any atom is -0.468 e. The van der Waals surface area contributed by atoms with Crippen molar-refractivity contribution >= 4 is 5.97 Å². The van der Waals surface area contributed by atoms with Gasteiger partial charge in [0.25, 0.3) is 0 Å². The number of esters is 1. The summed E-state index contributed by atoms with van der Waals surface area (Å²) in [7, 11) is 1.20. The molecule has 18 heavy (non-hydrogen) atoms. The van der Waals surface area contributed by atoms with Crippen LogP contribution >= 0.6 is 0 Å². The number of carbonyl (C=O) groups is 1. The van der Waals surface area contributed by atoms with Crippen LogP contribution in [0, 0.1) is 0 Å². The van der Waals surface area contributed by atoms with Gasteiger partial charge in [0.1, 0.15) is 6.04 Å². The molecular formula is C11H11F2NO4. The maximum atomic E-state index is 12.9. The molecule has 1 aliphatic heterocycles. The predicted octanol–water partition coefficient (Wildman–Crippen LogP) is 1.05. The molecule has 2 N–H and O–H groups in total. The first-order chi connectivity index (χ1) is 8.43. The van der Waals surface area contributed by atoms with Gasteiger partial charge in [-0.25, -0.2) is 0 Å². The number of alkyl halides is 2. The zero-order valence-corrected chi connectivity index (χ0v) is 9.48. The van der Waals surface area contributed by atoms with Crippen molar-refractivity contribution in [1.82, 2.24) is 0 Å². The third kappa shape index (κ3) is 2.35. The lowest BCUT2D eigenvalue weighted by molar-refractivity contribution is -0.286. The van der Waals surface area contributed by atoms with Crippen LogP contribution in [0.5, 0.6) is 11.5 Å². The van der Waals surface area contributed by atoms with Crippen molar-refractivity contribution < 1.29 is 27.8 Å². The number of fused-ring (bicyclic) bond motifs is 1. The van der Waals surface area contributed by atoms with E-state index in [0.29, 0.717) is 5.56 Å². The molecule has 1 heterocycles. The maximum absolute atomic E-state index is 12.9. The monoisotopic (exact) mass is 259 g/mol. The second-order valence-corrected chi connectivity index (χ2v) is 3.75. The second kappa shape index (κ2) is 4.41. The topological polar surface area (TPSA) is 70.8 Å². The molecule has 0 bridgehead atoms. The van der Waals surface area contributed by atoms with Crippen molar-refractivity contribution in [2.75, 3.05) is 7.11 Å². The highest BCUT2D eigenvalue weighted by Gasteiger charge is 2.44. The molecule has 1 unspecified atom stereocenters. The first-order valence-corrected chi connectivity index (χ1v) is 5.14. The van der Waals surface area contributed by atoms with Crippen LogP contribution in [0.1, 0.15) is 5.56 Å². The lowest BCUT2D eigenvalue weighted by atomic mass is 10.1. The first-order valence-electron chi connectivity index (χ1n) is 5.14. The molecule has 0 saturated carbocycles. The van der Waals surface area contributed by atoms with E-state index in [2.05, 4.69) is 14.2 Å². The molecule has 7 heteroatoms. The minimum atomic E-state index is -3.69. The van der Waals surface area contributed by atoms with Crippen molar-refractivity contribution in [2.45, 2.75) is 18.8 Å². The van der Waals surface area contributed by atoms with E-state index < -0.39 is 18.3 Å². The molecule has 1 atom stereocenters. The average molecular weight is 259 g/mol. The number of hydrogen-bond acceptors (Lipinski definition) is 5. The van der Waals surface area contributed by atoms with Gasteiger partial charge in [0.2, 0.25) is 0 Å². The van der Waals surface area contributed by atoms with Crippen molar-refractivity contribution in [3.8, 4) is 11.5 Å². The number of para-hydroxylation sites is 1. The Balaban J connectivity index is 2.22. The molecule has 0 aliphatic carbocycles. The predicted molar refractivity (Wildman–Crippen MR) is 56.3 cm³/mol. The SMILES string of the molecule is COC(=O)C(N)Cc1cccc2c1OC(F)(F)O2. The molecule has 0 radical (unpaired) electrons. The highest BCUT2D eigenvalue weighted by Crippen LogP contribution is 2.43. The Kier molecular flexibility index (Phi) is 3.08. The Hall–Kier alpha value is -1.89. The highest BCUT2D eigenvalue weighted by atomic mass is 19.3. The Morgan fingerprint density at radius 3 is 2.89 bits per heavy atom. The van der Waals surface area contributed by atoms with E-state index in [1.54, 1.807) is 0 Å². The molecule has 0 saturated heterocycles. The summed E-state index contributed by atoms with van der Waals surface area (Å²) in [6.07, 6.45) is -3.66. The number of nitrogens with two attached hydrogens (primary N) is 1. The van der Waals surface area contributed by atoms with Crippen LogP contribution in [0.3, 0.4) is 0 Å². The largest absolute Gasteiger partial charge is 0.586 e. The number of ether oxygens (including phenoxy) is 3. The van der Waals surface area contributed by atoms with Crippen LogP contribution in [-0.2, 0) is 16.0 Å². The number of halogens is 2. The fourth-order valence-electron chi connectivity index (χ4n) is 1.66. The smallest absolute Gasteiger partial charge is 0.468 e. The second-order valence-electron chi connectivity index (χ2n) is 3.75. The molecule has 0 fully saturated rings. The summed E-state index contributed by atoms with van der Waals surface area (Å²) in [5.41, 5.74) is 5.93. The van der Waals surface area contributed by atoms with E-state index in [9.17, 15) is 13.6 Å². The third-order valence-electron chi connectivity index (χ3n) is 2.45. The van der Waals surface area contributed by atoms with Gasteiger partial charge in [0.15, 0.2) is 11.5 Å². The van der Waals surface area contributed by atoms with Gasteiger partial charge in [-0.1, -0.05) is 12.1 Å². The number of methoxy groups -OCH3 is 1. The average Bonchev–Trinajstić information content (AvgIpc) is 2.63. The van der Waals surface area contributed by atoms with Gasteiger partial charge in [0.05, 0.1) is 7.11 Å². The van der Waals surface area contributed by atoms with Gasteiger partial charge in [0, 0.05) is 12.0 Å². The summed E-state index contributed by atoms with van der Waals surface area (Å²) < 4.78 is 39.0. The van der Waals surface area contributed by atoms with Crippen LogP contribution < -0.4 is 15.2 Å². The van der Waals surface area contributed by atoms with Crippen molar-refractivity contribution in [2.24, 2.45) is 5.73 Å². The molecule has 0 aromatic heterocycles. The molecule has 0 spiro atoms. The number of benzene rings is 1. The summed E-state index contributed by atoms with van der Waals surface area (Å²) in [5.74, 6) is -0.797. The van der Waals surface area contributed by atoms with E-state index in [1.165, 1.54) is 25.3 Å². The lowest BCUT2D eigenvalue weighted by Gasteiger charge is -2.11. The highest BCUT2D eigenvalue weighted by molar-refractivity contribution is 5.76. The van der Waals surface area contributed by atoms with Crippen molar-refractivity contribution in [3.63, 3.8) is 0 Å². The standard InChI is InChI=1S/C11H11F2NO4/c1-16-10(15)7(14)5-6-3-2-4-8-9(6)18-11(12,13)17-8/h2-4,7H,5,14H2,1H3. The van der Waals surface area contributed by atoms with Gasteiger partial charge in [-0.2, -0.15) is 0 Å². The number of hydrogen-bond donors (Lipinski definition) is 1. The van der Waals surface area contributed by atoms with Gasteiger partial charge < -0.3 is 19.9 Å². The molecule has 1 aromatic rings. The van der Waals surface area contributed by atoms with Gasteiger partial charge >= 0.3 is 12.3 Å². The normalized spacial score (nSPS) is 17.3. The Morgan fingerprint density at radius 1 is 1.50 bits per heavy atom. The zero-order chi connectivity index (χ0) is 13.3. The Labute approximate surface area is 101 Å². The van der Waals surface area contributed by atoms with Gasteiger partial charge in [-0.3, -0.25) is 4.79 Å². The summed E-state index contributed by atoms with van der Waals surface area (Å²) in [4.78, 5) is 11.2. The van der Waals surface area contributed by atoms with E-state index in [-0.39, 0.29) is 17.9 Å². The number of carbonyl (C=O) groups excluding carboxylic acids is 1. The zero-order valence-electron chi connectivity index (χ0n) is 9.48. The molecular weight excluding hydrogens is 248 g/mol. The first kappa shape index (κ1) is 12.6. The van der Waals surface area contributed by atoms with E-state index in [0.717, 1.165) is 0 Å². The van der Waals surface area contributed by atoms with Crippen LogP contribution in [-0.4, -0.2) is 25.4 Å². The maximum Gasteiger partial charge on any atom is 0.586 e.